The first kappa shape index (κ1) is 11.2. The van der Waals surface area contributed by atoms with Crippen LogP contribution in [0.25, 0.3) is 0 Å². The zero-order valence-electron chi connectivity index (χ0n) is 10.2. The summed E-state index contributed by atoms with van der Waals surface area (Å²) >= 11 is 0. The number of aromatic nitrogens is 1. The van der Waals surface area contributed by atoms with E-state index in [1.807, 2.05) is 6.07 Å². The van der Waals surface area contributed by atoms with Crippen molar-refractivity contribution in [3.8, 4) is 0 Å². The molecular formula is C15H16N2O. The maximum absolute atomic E-state index is 11.8. The minimum atomic E-state index is 0.154. The highest BCUT2D eigenvalue weighted by atomic mass is 16.1. The molecule has 0 fully saturated rings. The summed E-state index contributed by atoms with van der Waals surface area (Å²) in [7, 11) is 0. The van der Waals surface area contributed by atoms with E-state index in [0.717, 1.165) is 37.3 Å². The summed E-state index contributed by atoms with van der Waals surface area (Å²) in [6.45, 7) is 2.66. The van der Waals surface area contributed by atoms with E-state index in [-0.39, 0.29) is 5.43 Å². The predicted octanol–water partition coefficient (Wildman–Crippen LogP) is 1.93. The molecule has 0 saturated carbocycles. The molecule has 0 aliphatic carbocycles. The Bertz CT molecular complexity index is 589. The Morgan fingerprint density at radius 3 is 2.83 bits per heavy atom. The van der Waals surface area contributed by atoms with Crippen molar-refractivity contribution < 1.29 is 0 Å². The fourth-order valence-corrected chi connectivity index (χ4v) is 2.50. The van der Waals surface area contributed by atoms with Crippen LogP contribution in [0.3, 0.4) is 0 Å². The van der Waals surface area contributed by atoms with E-state index in [1.54, 1.807) is 12.3 Å². The van der Waals surface area contributed by atoms with Crippen molar-refractivity contribution in [3.63, 3.8) is 0 Å². The third-order valence-electron chi connectivity index (χ3n) is 3.46. The van der Waals surface area contributed by atoms with E-state index in [9.17, 15) is 4.79 Å². The third-order valence-corrected chi connectivity index (χ3v) is 3.46. The van der Waals surface area contributed by atoms with E-state index < -0.39 is 0 Å². The largest absolute Gasteiger partial charge is 0.364 e. The van der Waals surface area contributed by atoms with Gasteiger partial charge in [-0.1, -0.05) is 30.3 Å². The van der Waals surface area contributed by atoms with Gasteiger partial charge >= 0.3 is 0 Å². The van der Waals surface area contributed by atoms with Gasteiger partial charge in [0, 0.05) is 49.6 Å². The van der Waals surface area contributed by atoms with E-state index >= 15 is 0 Å². The zero-order valence-corrected chi connectivity index (χ0v) is 10.2. The molecule has 1 aliphatic heterocycles. The normalized spacial score (nSPS) is 15.3. The summed E-state index contributed by atoms with van der Waals surface area (Å²) in [5, 5.41) is 0. The van der Waals surface area contributed by atoms with Crippen LogP contribution in [0.5, 0.6) is 0 Å². The molecule has 0 bridgehead atoms. The van der Waals surface area contributed by atoms with Crippen molar-refractivity contribution in [1.82, 2.24) is 9.88 Å². The minimum Gasteiger partial charge on any atom is -0.364 e. The number of fused-ring (bicyclic) bond motifs is 1. The number of nitrogens with zero attached hydrogens (tertiary/aromatic N) is 1. The number of aromatic amines is 1. The monoisotopic (exact) mass is 240 g/mol. The Kier molecular flexibility index (Phi) is 2.99. The van der Waals surface area contributed by atoms with E-state index in [0.29, 0.717) is 0 Å². The van der Waals surface area contributed by atoms with Gasteiger partial charge in [-0.05, 0) is 5.56 Å². The molecule has 1 aromatic carbocycles. The summed E-state index contributed by atoms with van der Waals surface area (Å²) in [5.41, 5.74) is 3.49. The highest BCUT2D eigenvalue weighted by molar-refractivity contribution is 5.23. The predicted molar refractivity (Wildman–Crippen MR) is 71.3 cm³/mol. The first-order chi connectivity index (χ1) is 8.83. The van der Waals surface area contributed by atoms with Gasteiger partial charge in [0.1, 0.15) is 0 Å². The quantitative estimate of drug-likeness (QED) is 0.870. The molecule has 2 aromatic rings. The lowest BCUT2D eigenvalue weighted by molar-refractivity contribution is 0.242. The Morgan fingerprint density at radius 1 is 1.17 bits per heavy atom. The topological polar surface area (TPSA) is 36.1 Å². The number of benzene rings is 1. The van der Waals surface area contributed by atoms with E-state index in [1.165, 1.54) is 5.56 Å². The van der Waals surface area contributed by atoms with Gasteiger partial charge in [0.25, 0.3) is 0 Å². The Labute approximate surface area is 106 Å². The van der Waals surface area contributed by atoms with Crippen LogP contribution in [0.4, 0.5) is 0 Å². The molecule has 0 unspecified atom stereocenters. The summed E-state index contributed by atoms with van der Waals surface area (Å²) < 4.78 is 0. The number of rotatable bonds is 2. The maximum atomic E-state index is 11.8. The molecule has 2 heterocycles. The van der Waals surface area contributed by atoms with E-state index in [2.05, 4.69) is 34.1 Å². The van der Waals surface area contributed by atoms with Gasteiger partial charge < -0.3 is 4.98 Å². The van der Waals surface area contributed by atoms with Crippen LogP contribution in [0.1, 0.15) is 16.8 Å². The average Bonchev–Trinajstić information content (AvgIpc) is 2.41. The molecule has 1 aromatic heterocycles. The molecule has 1 aliphatic rings. The standard InChI is InChI=1S/C15H16N2O/c18-15-6-8-16-14-7-9-17(11-13(14)15)10-12-4-2-1-3-5-12/h1-6,8H,7,9-11H2,(H,16,18). The highest BCUT2D eigenvalue weighted by Crippen LogP contribution is 2.15. The fraction of sp³-hybridized carbons (Fsp3) is 0.267. The van der Waals surface area contributed by atoms with Gasteiger partial charge in [-0.2, -0.15) is 0 Å². The van der Waals surface area contributed by atoms with Gasteiger partial charge in [0.2, 0.25) is 0 Å². The third kappa shape index (κ3) is 2.22. The number of hydrogen-bond donors (Lipinski definition) is 1. The Balaban J connectivity index is 1.79. The van der Waals surface area contributed by atoms with Crippen molar-refractivity contribution in [2.45, 2.75) is 19.5 Å². The number of nitrogens with one attached hydrogen (secondary N) is 1. The zero-order chi connectivity index (χ0) is 12.4. The maximum Gasteiger partial charge on any atom is 0.186 e. The fourth-order valence-electron chi connectivity index (χ4n) is 2.50. The molecule has 0 radical (unpaired) electrons. The van der Waals surface area contributed by atoms with Crippen LogP contribution in [-0.4, -0.2) is 16.4 Å². The van der Waals surface area contributed by atoms with Crippen molar-refractivity contribution >= 4 is 0 Å². The molecule has 0 spiro atoms. The second-order valence-electron chi connectivity index (χ2n) is 4.75. The smallest absolute Gasteiger partial charge is 0.186 e. The first-order valence-electron chi connectivity index (χ1n) is 6.28. The van der Waals surface area contributed by atoms with Crippen LogP contribution >= 0.6 is 0 Å². The van der Waals surface area contributed by atoms with Gasteiger partial charge in [0.15, 0.2) is 5.43 Å². The van der Waals surface area contributed by atoms with Crippen molar-refractivity contribution in [3.05, 3.63) is 69.6 Å². The number of pyridine rings is 1. The van der Waals surface area contributed by atoms with Crippen molar-refractivity contribution in [2.24, 2.45) is 0 Å². The van der Waals surface area contributed by atoms with Crippen LogP contribution in [0, 0.1) is 0 Å². The van der Waals surface area contributed by atoms with Gasteiger partial charge in [-0.15, -0.1) is 0 Å². The molecule has 3 rings (SSSR count). The summed E-state index contributed by atoms with van der Waals surface area (Å²) in [6.07, 6.45) is 2.67. The summed E-state index contributed by atoms with van der Waals surface area (Å²) in [5.74, 6) is 0. The molecule has 3 nitrogen and oxygen atoms in total. The molecule has 92 valence electrons. The van der Waals surface area contributed by atoms with Crippen molar-refractivity contribution in [2.75, 3.05) is 6.54 Å². The lowest BCUT2D eigenvalue weighted by Gasteiger charge is -2.27. The second kappa shape index (κ2) is 4.78. The highest BCUT2D eigenvalue weighted by Gasteiger charge is 2.18. The second-order valence-corrected chi connectivity index (χ2v) is 4.75. The lowest BCUT2D eigenvalue weighted by Crippen LogP contribution is -2.34. The Hall–Kier alpha value is -1.87. The Morgan fingerprint density at radius 2 is 2.00 bits per heavy atom. The molecule has 0 atom stereocenters. The van der Waals surface area contributed by atoms with Crippen LogP contribution in [0.2, 0.25) is 0 Å². The van der Waals surface area contributed by atoms with Crippen LogP contribution in [-0.2, 0) is 19.5 Å². The van der Waals surface area contributed by atoms with Gasteiger partial charge in [0.05, 0.1) is 0 Å². The molecular weight excluding hydrogens is 224 g/mol. The molecule has 0 amide bonds. The lowest BCUT2D eigenvalue weighted by atomic mass is 10.0. The molecule has 18 heavy (non-hydrogen) atoms. The van der Waals surface area contributed by atoms with Gasteiger partial charge in [-0.3, -0.25) is 9.69 Å². The van der Waals surface area contributed by atoms with E-state index in [4.69, 9.17) is 0 Å². The van der Waals surface area contributed by atoms with Gasteiger partial charge in [-0.25, -0.2) is 0 Å². The average molecular weight is 240 g/mol. The molecule has 3 heteroatoms. The number of hydrogen-bond acceptors (Lipinski definition) is 2. The van der Waals surface area contributed by atoms with Crippen molar-refractivity contribution in [1.29, 1.82) is 0 Å². The molecule has 0 saturated heterocycles. The summed E-state index contributed by atoms with van der Waals surface area (Å²) in [4.78, 5) is 17.3. The van der Waals surface area contributed by atoms with Crippen LogP contribution in [0.15, 0.2) is 47.4 Å². The summed E-state index contributed by atoms with van der Waals surface area (Å²) in [6, 6.07) is 12.0. The first-order valence-corrected chi connectivity index (χ1v) is 6.28. The van der Waals surface area contributed by atoms with Crippen LogP contribution < -0.4 is 5.43 Å². The number of H-pyrrole nitrogens is 1. The molecule has 1 N–H and O–H groups in total. The SMILES string of the molecule is O=c1cc[nH]c2c1CN(Cc1ccccc1)CC2. The minimum absolute atomic E-state index is 0.154.